The molecule has 6 heteroatoms. The summed E-state index contributed by atoms with van der Waals surface area (Å²) in [6.45, 7) is 4.53. The van der Waals surface area contributed by atoms with Crippen LogP contribution in [0.25, 0.3) is 11.3 Å². The van der Waals surface area contributed by atoms with Crippen LogP contribution in [-0.4, -0.2) is 28.5 Å². The summed E-state index contributed by atoms with van der Waals surface area (Å²) >= 11 is 0. The molecule has 0 N–H and O–H groups in total. The van der Waals surface area contributed by atoms with E-state index in [2.05, 4.69) is 5.10 Å². The van der Waals surface area contributed by atoms with Gasteiger partial charge in [0, 0.05) is 12.1 Å². The van der Waals surface area contributed by atoms with Gasteiger partial charge in [0.25, 0.3) is 0 Å². The molecule has 1 aromatic heterocycles. The predicted molar refractivity (Wildman–Crippen MR) is 82.9 cm³/mol. The van der Waals surface area contributed by atoms with Crippen LogP contribution in [0, 0.1) is 5.82 Å². The van der Waals surface area contributed by atoms with Gasteiger partial charge in [-0.3, -0.25) is 0 Å². The number of halogens is 1. The Morgan fingerprint density at radius 1 is 1.48 bits per heavy atom. The number of rotatable bonds is 3. The molecule has 122 valence electrons. The fourth-order valence-electron chi connectivity index (χ4n) is 2.72. The fraction of sp³-hybridized carbons (Fsp3) is 0.412. The fourth-order valence-corrected chi connectivity index (χ4v) is 2.72. The van der Waals surface area contributed by atoms with Crippen LogP contribution in [0.1, 0.15) is 37.0 Å². The Bertz CT molecular complexity index is 727. The van der Waals surface area contributed by atoms with Gasteiger partial charge in [0.1, 0.15) is 17.1 Å². The van der Waals surface area contributed by atoms with Crippen molar-refractivity contribution in [3.63, 3.8) is 0 Å². The first kappa shape index (κ1) is 15.5. The Morgan fingerprint density at radius 3 is 3.00 bits per heavy atom. The molecular weight excluding hydrogens is 299 g/mol. The lowest BCUT2D eigenvalue weighted by Gasteiger charge is -2.12. The van der Waals surface area contributed by atoms with Crippen LogP contribution in [0.2, 0.25) is 0 Å². The molecule has 0 spiro atoms. The Labute approximate surface area is 134 Å². The summed E-state index contributed by atoms with van der Waals surface area (Å²) in [6, 6.07) is 6.26. The van der Waals surface area contributed by atoms with Crippen LogP contribution >= 0.6 is 0 Å². The van der Waals surface area contributed by atoms with Gasteiger partial charge in [-0.2, -0.15) is 5.10 Å². The number of esters is 1. The molecule has 3 rings (SSSR count). The number of benzene rings is 1. The number of aromatic nitrogens is 2. The van der Waals surface area contributed by atoms with E-state index in [1.807, 2.05) is 6.92 Å². The van der Waals surface area contributed by atoms with Crippen LogP contribution in [0.3, 0.4) is 0 Å². The smallest absolute Gasteiger partial charge is 0.345 e. The molecular formula is C17H19FN2O3. The average Bonchev–Trinajstić information content (AvgIpc) is 2.76. The summed E-state index contributed by atoms with van der Waals surface area (Å²) in [5, 5.41) is 4.43. The molecule has 1 aliphatic rings. The van der Waals surface area contributed by atoms with Crippen LogP contribution in [0.5, 0.6) is 5.88 Å². The minimum Gasteiger partial charge on any atom is -0.474 e. The number of hydrogen-bond donors (Lipinski definition) is 0. The number of carbonyl (C=O) groups is 1. The summed E-state index contributed by atoms with van der Waals surface area (Å²) in [7, 11) is 0. The zero-order chi connectivity index (χ0) is 16.4. The van der Waals surface area contributed by atoms with Gasteiger partial charge in [-0.15, -0.1) is 0 Å². The van der Waals surface area contributed by atoms with E-state index in [0.717, 1.165) is 12.8 Å². The maximum absolute atomic E-state index is 14.2. The molecule has 23 heavy (non-hydrogen) atoms. The van der Waals surface area contributed by atoms with E-state index in [-0.39, 0.29) is 29.5 Å². The average molecular weight is 318 g/mol. The molecule has 0 radical (unpaired) electrons. The first-order chi connectivity index (χ1) is 11.1. The Morgan fingerprint density at radius 2 is 2.26 bits per heavy atom. The molecule has 2 heterocycles. The summed E-state index contributed by atoms with van der Waals surface area (Å²) in [5.74, 6) is -0.604. The van der Waals surface area contributed by atoms with E-state index in [0.29, 0.717) is 12.4 Å². The molecule has 1 atom stereocenters. The third kappa shape index (κ3) is 2.93. The molecule has 0 saturated carbocycles. The van der Waals surface area contributed by atoms with Gasteiger partial charge in [-0.1, -0.05) is 12.1 Å². The van der Waals surface area contributed by atoms with E-state index >= 15 is 0 Å². The zero-order valence-electron chi connectivity index (χ0n) is 13.2. The molecule has 0 saturated heterocycles. The van der Waals surface area contributed by atoms with Crippen molar-refractivity contribution >= 4 is 5.97 Å². The Kier molecular flexibility index (Phi) is 4.32. The van der Waals surface area contributed by atoms with Crippen LogP contribution in [0.4, 0.5) is 4.39 Å². The minimum atomic E-state index is -0.541. The summed E-state index contributed by atoms with van der Waals surface area (Å²) < 4.78 is 26.8. The first-order valence-corrected chi connectivity index (χ1v) is 7.81. The minimum absolute atomic E-state index is 0.0328. The van der Waals surface area contributed by atoms with Gasteiger partial charge in [0.05, 0.1) is 12.7 Å². The highest BCUT2D eigenvalue weighted by atomic mass is 19.1. The van der Waals surface area contributed by atoms with Crippen molar-refractivity contribution < 1.29 is 18.7 Å². The second-order valence-electron chi connectivity index (χ2n) is 5.52. The molecule has 0 amide bonds. The molecule has 0 bridgehead atoms. The van der Waals surface area contributed by atoms with Crippen molar-refractivity contribution in [2.24, 2.45) is 0 Å². The quantitative estimate of drug-likeness (QED) is 0.814. The Hall–Kier alpha value is -2.37. The van der Waals surface area contributed by atoms with Crippen molar-refractivity contribution in [1.29, 1.82) is 0 Å². The standard InChI is InChI=1S/C17H19FN2O3/c1-3-22-17(21)14-15(12-8-4-5-9-13(12)18)19-20-10-6-7-11(2)23-16(14)20/h4-5,8-9,11H,3,6-7,10H2,1-2H3. The number of carbonyl (C=O) groups excluding carboxylic acids is 1. The monoisotopic (exact) mass is 318 g/mol. The SMILES string of the molecule is CCOC(=O)c1c(-c2ccccc2F)nn2c1OC(C)CCC2. The maximum Gasteiger partial charge on any atom is 0.345 e. The molecule has 5 nitrogen and oxygen atoms in total. The largest absolute Gasteiger partial charge is 0.474 e. The van der Waals surface area contributed by atoms with Crippen LogP contribution in [0.15, 0.2) is 24.3 Å². The lowest BCUT2D eigenvalue weighted by atomic mass is 10.1. The van der Waals surface area contributed by atoms with Crippen LogP contribution < -0.4 is 4.74 Å². The van der Waals surface area contributed by atoms with Gasteiger partial charge in [0.2, 0.25) is 5.88 Å². The molecule has 1 unspecified atom stereocenters. The summed E-state index contributed by atoms with van der Waals surface area (Å²) in [5.41, 5.74) is 0.740. The Balaban J connectivity index is 2.18. The molecule has 1 aliphatic heterocycles. The topological polar surface area (TPSA) is 53.3 Å². The van der Waals surface area contributed by atoms with E-state index in [1.165, 1.54) is 6.07 Å². The highest BCUT2D eigenvalue weighted by Crippen LogP contribution is 2.35. The van der Waals surface area contributed by atoms with E-state index in [1.54, 1.807) is 29.8 Å². The van der Waals surface area contributed by atoms with Crippen molar-refractivity contribution in [2.45, 2.75) is 39.3 Å². The number of fused-ring (bicyclic) bond motifs is 1. The van der Waals surface area contributed by atoms with Gasteiger partial charge < -0.3 is 9.47 Å². The van der Waals surface area contributed by atoms with Gasteiger partial charge in [-0.25, -0.2) is 13.9 Å². The molecule has 0 aliphatic carbocycles. The predicted octanol–water partition coefficient (Wildman–Crippen LogP) is 3.43. The summed E-state index contributed by atoms with van der Waals surface area (Å²) in [4.78, 5) is 12.4. The van der Waals surface area contributed by atoms with Crippen molar-refractivity contribution in [3.05, 3.63) is 35.6 Å². The normalized spacial score (nSPS) is 17.1. The maximum atomic E-state index is 14.2. The van der Waals surface area contributed by atoms with E-state index in [4.69, 9.17) is 9.47 Å². The molecule has 2 aromatic rings. The summed E-state index contributed by atoms with van der Waals surface area (Å²) in [6.07, 6.45) is 1.73. The van der Waals surface area contributed by atoms with Crippen molar-refractivity contribution in [1.82, 2.24) is 9.78 Å². The number of aryl methyl sites for hydroxylation is 1. The van der Waals surface area contributed by atoms with Gasteiger partial charge in [-0.05, 0) is 38.8 Å². The van der Waals surface area contributed by atoms with Crippen molar-refractivity contribution in [2.75, 3.05) is 6.61 Å². The highest BCUT2D eigenvalue weighted by Gasteiger charge is 2.30. The zero-order valence-corrected chi connectivity index (χ0v) is 13.2. The third-order valence-corrected chi connectivity index (χ3v) is 3.81. The number of nitrogens with zero attached hydrogens (tertiary/aromatic N) is 2. The molecule has 1 aromatic carbocycles. The highest BCUT2D eigenvalue weighted by molar-refractivity contribution is 5.98. The van der Waals surface area contributed by atoms with Crippen LogP contribution in [-0.2, 0) is 11.3 Å². The second kappa shape index (κ2) is 6.40. The second-order valence-corrected chi connectivity index (χ2v) is 5.52. The first-order valence-electron chi connectivity index (χ1n) is 7.81. The molecule has 0 fully saturated rings. The number of ether oxygens (including phenoxy) is 2. The number of hydrogen-bond acceptors (Lipinski definition) is 4. The lowest BCUT2D eigenvalue weighted by Crippen LogP contribution is -2.14. The van der Waals surface area contributed by atoms with Gasteiger partial charge >= 0.3 is 5.97 Å². The van der Waals surface area contributed by atoms with Gasteiger partial charge in [0.15, 0.2) is 0 Å². The van der Waals surface area contributed by atoms with E-state index in [9.17, 15) is 9.18 Å². The van der Waals surface area contributed by atoms with Crippen molar-refractivity contribution in [3.8, 4) is 17.1 Å². The van der Waals surface area contributed by atoms with E-state index < -0.39 is 11.8 Å². The lowest BCUT2D eigenvalue weighted by molar-refractivity contribution is 0.0520. The third-order valence-electron chi connectivity index (χ3n) is 3.81.